The number of aliphatic hydroxyl groups excluding tert-OH is 1. The summed E-state index contributed by atoms with van der Waals surface area (Å²) in [6, 6.07) is 0.103. The van der Waals surface area contributed by atoms with Gasteiger partial charge in [0.2, 0.25) is 0 Å². The zero-order valence-electron chi connectivity index (χ0n) is 7.23. The number of aliphatic hydroxyl groups is 1. The van der Waals surface area contributed by atoms with Crippen LogP contribution in [0.3, 0.4) is 0 Å². The van der Waals surface area contributed by atoms with Crippen molar-refractivity contribution in [2.75, 3.05) is 13.1 Å². The number of nitrogens with zero attached hydrogens (tertiary/aromatic N) is 1. The van der Waals surface area contributed by atoms with Gasteiger partial charge in [0, 0.05) is 19.1 Å². The lowest BCUT2D eigenvalue weighted by Crippen LogP contribution is -2.55. The molecule has 0 aliphatic carbocycles. The number of β-amino-alcohol motifs (C(OH)–C–C–N with tert-alkyl or cyclic N) is 1. The Morgan fingerprint density at radius 1 is 1.67 bits per heavy atom. The standard InChI is InChI=1S/C8H15NO3/c1-2-6(3-8(11)12)9-4-7(10)5-9/h6-7,10H,2-5H2,1H3,(H,11,12). The number of carbonyl (C=O) groups is 1. The zero-order valence-corrected chi connectivity index (χ0v) is 7.23. The fourth-order valence-electron chi connectivity index (χ4n) is 1.52. The summed E-state index contributed by atoms with van der Waals surface area (Å²) in [5.74, 6) is -0.761. The maximum atomic E-state index is 10.4. The van der Waals surface area contributed by atoms with Crippen molar-refractivity contribution in [2.45, 2.75) is 31.9 Å². The van der Waals surface area contributed by atoms with Gasteiger partial charge in [-0.1, -0.05) is 6.92 Å². The van der Waals surface area contributed by atoms with E-state index < -0.39 is 5.97 Å². The lowest BCUT2D eigenvalue weighted by atomic mass is 10.0. The van der Waals surface area contributed by atoms with Crippen LogP contribution in [0.5, 0.6) is 0 Å². The van der Waals surface area contributed by atoms with Gasteiger partial charge in [-0.25, -0.2) is 0 Å². The molecule has 0 aromatic carbocycles. The van der Waals surface area contributed by atoms with Gasteiger partial charge in [0.1, 0.15) is 0 Å². The Hall–Kier alpha value is -0.610. The highest BCUT2D eigenvalue weighted by Crippen LogP contribution is 2.16. The Bertz CT molecular complexity index is 166. The minimum absolute atomic E-state index is 0.103. The topological polar surface area (TPSA) is 60.8 Å². The minimum atomic E-state index is -0.761. The third-order valence-corrected chi connectivity index (χ3v) is 2.29. The number of aliphatic carboxylic acids is 1. The van der Waals surface area contributed by atoms with Gasteiger partial charge < -0.3 is 10.2 Å². The zero-order chi connectivity index (χ0) is 9.14. The molecule has 0 radical (unpaired) electrons. The van der Waals surface area contributed by atoms with Crippen LogP contribution in [0.2, 0.25) is 0 Å². The fourth-order valence-corrected chi connectivity index (χ4v) is 1.52. The van der Waals surface area contributed by atoms with Crippen LogP contribution < -0.4 is 0 Å². The second kappa shape index (κ2) is 3.87. The van der Waals surface area contributed by atoms with Crippen molar-refractivity contribution in [3.05, 3.63) is 0 Å². The van der Waals surface area contributed by atoms with Crippen LogP contribution >= 0.6 is 0 Å². The maximum absolute atomic E-state index is 10.4. The monoisotopic (exact) mass is 173 g/mol. The van der Waals surface area contributed by atoms with Gasteiger partial charge in [0.15, 0.2) is 0 Å². The molecule has 2 N–H and O–H groups in total. The third-order valence-electron chi connectivity index (χ3n) is 2.29. The molecule has 0 amide bonds. The molecule has 12 heavy (non-hydrogen) atoms. The molecule has 1 saturated heterocycles. The normalized spacial score (nSPS) is 21.8. The van der Waals surface area contributed by atoms with Crippen molar-refractivity contribution < 1.29 is 15.0 Å². The van der Waals surface area contributed by atoms with Crippen LogP contribution in [0.15, 0.2) is 0 Å². The Balaban J connectivity index is 2.30. The number of carboxylic acid groups (broad SMARTS) is 1. The molecule has 0 saturated carbocycles. The van der Waals surface area contributed by atoms with E-state index in [9.17, 15) is 4.79 Å². The summed E-state index contributed by atoms with van der Waals surface area (Å²) in [5.41, 5.74) is 0. The highest BCUT2D eigenvalue weighted by atomic mass is 16.4. The quantitative estimate of drug-likeness (QED) is 0.624. The number of hydrogen-bond donors (Lipinski definition) is 2. The minimum Gasteiger partial charge on any atom is -0.481 e. The van der Waals surface area contributed by atoms with Gasteiger partial charge in [-0.05, 0) is 6.42 Å². The number of hydrogen-bond acceptors (Lipinski definition) is 3. The van der Waals surface area contributed by atoms with Crippen LogP contribution in [0, 0.1) is 0 Å². The summed E-state index contributed by atoms with van der Waals surface area (Å²) < 4.78 is 0. The third kappa shape index (κ3) is 2.19. The molecule has 70 valence electrons. The first-order valence-electron chi connectivity index (χ1n) is 4.27. The van der Waals surface area contributed by atoms with E-state index in [1.165, 1.54) is 0 Å². The van der Waals surface area contributed by atoms with Crippen molar-refractivity contribution in [1.29, 1.82) is 0 Å². The summed E-state index contributed by atoms with van der Waals surface area (Å²) >= 11 is 0. The van der Waals surface area contributed by atoms with Crippen molar-refractivity contribution >= 4 is 5.97 Å². The van der Waals surface area contributed by atoms with Crippen molar-refractivity contribution in [3.8, 4) is 0 Å². The number of rotatable bonds is 4. The van der Waals surface area contributed by atoms with E-state index in [-0.39, 0.29) is 18.6 Å². The lowest BCUT2D eigenvalue weighted by Gasteiger charge is -2.41. The molecule has 1 atom stereocenters. The smallest absolute Gasteiger partial charge is 0.304 e. The van der Waals surface area contributed by atoms with Crippen LogP contribution in [0.1, 0.15) is 19.8 Å². The molecule has 4 nitrogen and oxygen atoms in total. The molecule has 0 spiro atoms. The predicted octanol–water partition coefficient (Wildman–Crippen LogP) is -0.0838. The molecule has 1 fully saturated rings. The van der Waals surface area contributed by atoms with Crippen LogP contribution in [-0.4, -0.2) is 46.3 Å². The number of carboxylic acids is 1. The van der Waals surface area contributed by atoms with Gasteiger partial charge in [-0.3, -0.25) is 9.69 Å². The van der Waals surface area contributed by atoms with E-state index >= 15 is 0 Å². The van der Waals surface area contributed by atoms with Crippen LogP contribution in [0.4, 0.5) is 0 Å². The molecule has 1 aliphatic rings. The average molecular weight is 173 g/mol. The first kappa shape index (κ1) is 9.48. The van der Waals surface area contributed by atoms with Gasteiger partial charge in [-0.15, -0.1) is 0 Å². The Kier molecular flexibility index (Phi) is 3.05. The average Bonchev–Trinajstić information content (AvgIpc) is 1.94. The number of likely N-dealkylation sites (tertiary alicyclic amines) is 1. The summed E-state index contributed by atoms with van der Waals surface area (Å²) in [4.78, 5) is 12.4. The Morgan fingerprint density at radius 3 is 2.58 bits per heavy atom. The van der Waals surface area contributed by atoms with Crippen LogP contribution in [-0.2, 0) is 4.79 Å². The van der Waals surface area contributed by atoms with Crippen molar-refractivity contribution in [3.63, 3.8) is 0 Å². The van der Waals surface area contributed by atoms with Gasteiger partial charge in [0.05, 0.1) is 12.5 Å². The molecular weight excluding hydrogens is 158 g/mol. The molecule has 0 aromatic rings. The highest BCUT2D eigenvalue weighted by Gasteiger charge is 2.30. The summed E-state index contributed by atoms with van der Waals surface area (Å²) in [5, 5.41) is 17.6. The Morgan fingerprint density at radius 2 is 2.25 bits per heavy atom. The van der Waals surface area contributed by atoms with E-state index in [4.69, 9.17) is 10.2 Å². The van der Waals surface area contributed by atoms with E-state index in [2.05, 4.69) is 0 Å². The second-order valence-corrected chi connectivity index (χ2v) is 3.27. The second-order valence-electron chi connectivity index (χ2n) is 3.27. The van der Waals surface area contributed by atoms with E-state index in [1.54, 1.807) is 0 Å². The molecule has 1 aliphatic heterocycles. The largest absolute Gasteiger partial charge is 0.481 e. The predicted molar refractivity (Wildman–Crippen MR) is 43.9 cm³/mol. The van der Waals surface area contributed by atoms with Crippen molar-refractivity contribution in [2.24, 2.45) is 0 Å². The molecule has 1 heterocycles. The first-order chi connectivity index (χ1) is 5.63. The molecule has 1 rings (SSSR count). The highest BCUT2D eigenvalue weighted by molar-refractivity contribution is 5.67. The SMILES string of the molecule is CCC(CC(=O)O)N1CC(O)C1. The summed E-state index contributed by atoms with van der Waals surface area (Å²) in [6.07, 6.45) is 0.773. The fraction of sp³-hybridized carbons (Fsp3) is 0.875. The lowest BCUT2D eigenvalue weighted by molar-refractivity contribution is -0.139. The van der Waals surface area contributed by atoms with E-state index in [0.717, 1.165) is 6.42 Å². The molecule has 0 aromatic heterocycles. The molecule has 4 heteroatoms. The van der Waals surface area contributed by atoms with E-state index in [0.29, 0.717) is 13.1 Å². The molecule has 1 unspecified atom stereocenters. The summed E-state index contributed by atoms with van der Waals surface area (Å²) in [6.45, 7) is 3.23. The van der Waals surface area contributed by atoms with E-state index in [1.807, 2.05) is 11.8 Å². The van der Waals surface area contributed by atoms with Gasteiger partial charge >= 0.3 is 5.97 Å². The maximum Gasteiger partial charge on any atom is 0.304 e. The summed E-state index contributed by atoms with van der Waals surface area (Å²) in [7, 11) is 0. The van der Waals surface area contributed by atoms with Gasteiger partial charge in [0.25, 0.3) is 0 Å². The molecular formula is C8H15NO3. The Labute approximate surface area is 71.8 Å². The van der Waals surface area contributed by atoms with Crippen LogP contribution in [0.25, 0.3) is 0 Å². The van der Waals surface area contributed by atoms with Gasteiger partial charge in [-0.2, -0.15) is 0 Å². The first-order valence-corrected chi connectivity index (χ1v) is 4.27. The van der Waals surface area contributed by atoms with Crippen molar-refractivity contribution in [1.82, 2.24) is 4.90 Å². The molecule has 0 bridgehead atoms.